The van der Waals surface area contributed by atoms with Crippen LogP contribution in [0.4, 0.5) is 0 Å². The zero-order chi connectivity index (χ0) is 13.9. The minimum absolute atomic E-state index is 0.00438. The first-order valence-electron chi connectivity index (χ1n) is 7.12. The highest BCUT2D eigenvalue weighted by molar-refractivity contribution is 5.83. The van der Waals surface area contributed by atoms with Gasteiger partial charge in [-0.1, -0.05) is 6.07 Å². The molecule has 0 aromatic heterocycles. The standard InChI is InChI=1S/C15H20N2O3/c1-16-12-5-7-17(15(12)18)6-4-11-2-3-13-14(10-11)20-9-8-19-13/h2-3,10,12,16H,4-9H2,1H3. The number of benzene rings is 1. The summed E-state index contributed by atoms with van der Waals surface area (Å²) in [6.45, 7) is 2.82. The molecule has 108 valence electrons. The van der Waals surface area contributed by atoms with Crippen molar-refractivity contribution >= 4 is 5.91 Å². The van der Waals surface area contributed by atoms with Crippen LogP contribution in [0.3, 0.4) is 0 Å². The van der Waals surface area contributed by atoms with E-state index in [1.54, 1.807) is 0 Å². The van der Waals surface area contributed by atoms with Gasteiger partial charge in [-0.15, -0.1) is 0 Å². The smallest absolute Gasteiger partial charge is 0.239 e. The van der Waals surface area contributed by atoms with Gasteiger partial charge in [-0.2, -0.15) is 0 Å². The predicted molar refractivity (Wildman–Crippen MR) is 75.2 cm³/mol. The van der Waals surface area contributed by atoms with Crippen LogP contribution in [-0.4, -0.2) is 50.2 Å². The van der Waals surface area contributed by atoms with Crippen LogP contribution in [0, 0.1) is 0 Å². The van der Waals surface area contributed by atoms with E-state index in [0.29, 0.717) is 13.2 Å². The van der Waals surface area contributed by atoms with E-state index in [0.717, 1.165) is 37.4 Å². The van der Waals surface area contributed by atoms with Crippen molar-refractivity contribution in [2.45, 2.75) is 18.9 Å². The predicted octanol–water partition coefficient (Wildman–Crippen LogP) is 0.821. The third kappa shape index (κ3) is 2.58. The zero-order valence-electron chi connectivity index (χ0n) is 11.7. The highest BCUT2D eigenvalue weighted by Crippen LogP contribution is 2.30. The molecule has 0 spiro atoms. The number of hydrogen-bond donors (Lipinski definition) is 1. The Kier molecular flexibility index (Phi) is 3.78. The van der Waals surface area contributed by atoms with E-state index in [9.17, 15) is 4.79 Å². The van der Waals surface area contributed by atoms with Crippen molar-refractivity contribution in [3.05, 3.63) is 23.8 Å². The Morgan fingerprint density at radius 2 is 2.10 bits per heavy atom. The van der Waals surface area contributed by atoms with Gasteiger partial charge in [0.1, 0.15) is 13.2 Å². The van der Waals surface area contributed by atoms with Crippen LogP contribution in [-0.2, 0) is 11.2 Å². The maximum Gasteiger partial charge on any atom is 0.239 e. The molecule has 1 N–H and O–H groups in total. The van der Waals surface area contributed by atoms with Crippen molar-refractivity contribution in [3.8, 4) is 11.5 Å². The minimum atomic E-state index is -0.00438. The van der Waals surface area contributed by atoms with E-state index in [1.165, 1.54) is 5.56 Å². The van der Waals surface area contributed by atoms with Gasteiger partial charge in [-0.25, -0.2) is 0 Å². The summed E-state index contributed by atoms with van der Waals surface area (Å²) in [6.07, 6.45) is 1.75. The van der Waals surface area contributed by atoms with Crippen LogP contribution < -0.4 is 14.8 Å². The second-order valence-corrected chi connectivity index (χ2v) is 5.18. The largest absolute Gasteiger partial charge is 0.486 e. The minimum Gasteiger partial charge on any atom is -0.486 e. The fraction of sp³-hybridized carbons (Fsp3) is 0.533. The Morgan fingerprint density at radius 3 is 2.85 bits per heavy atom. The number of carbonyl (C=O) groups is 1. The molecule has 1 atom stereocenters. The molecule has 0 saturated carbocycles. The first-order chi connectivity index (χ1) is 9.78. The lowest BCUT2D eigenvalue weighted by Crippen LogP contribution is -2.37. The van der Waals surface area contributed by atoms with E-state index in [-0.39, 0.29) is 11.9 Å². The van der Waals surface area contributed by atoms with Gasteiger partial charge in [0.2, 0.25) is 5.91 Å². The molecule has 1 aromatic rings. The van der Waals surface area contributed by atoms with Crippen LogP contribution in [0.25, 0.3) is 0 Å². The lowest BCUT2D eigenvalue weighted by molar-refractivity contribution is -0.129. The Hall–Kier alpha value is -1.75. The monoisotopic (exact) mass is 276 g/mol. The van der Waals surface area contributed by atoms with E-state index < -0.39 is 0 Å². The summed E-state index contributed by atoms with van der Waals surface area (Å²) in [4.78, 5) is 13.9. The van der Waals surface area contributed by atoms with E-state index in [4.69, 9.17) is 9.47 Å². The molecule has 2 aliphatic rings. The molecule has 5 heteroatoms. The normalized spacial score (nSPS) is 21.4. The van der Waals surface area contributed by atoms with Gasteiger partial charge in [0, 0.05) is 13.1 Å². The van der Waals surface area contributed by atoms with Crippen LogP contribution in [0.15, 0.2) is 18.2 Å². The Bertz CT molecular complexity index is 504. The zero-order valence-corrected chi connectivity index (χ0v) is 11.7. The Morgan fingerprint density at radius 1 is 1.30 bits per heavy atom. The average Bonchev–Trinajstić information content (AvgIpc) is 2.85. The van der Waals surface area contributed by atoms with Gasteiger partial charge >= 0.3 is 0 Å². The number of hydrogen-bond acceptors (Lipinski definition) is 4. The molecule has 1 unspecified atom stereocenters. The van der Waals surface area contributed by atoms with Gasteiger partial charge in [-0.05, 0) is 37.6 Å². The number of amides is 1. The summed E-state index contributed by atoms with van der Waals surface area (Å²) in [6, 6.07) is 6.01. The number of likely N-dealkylation sites (N-methyl/N-ethyl adjacent to an activating group) is 1. The summed E-state index contributed by atoms with van der Waals surface area (Å²) in [5, 5.41) is 3.06. The highest BCUT2D eigenvalue weighted by Gasteiger charge is 2.29. The maximum atomic E-state index is 12.0. The summed E-state index contributed by atoms with van der Waals surface area (Å²) >= 11 is 0. The van der Waals surface area contributed by atoms with Crippen LogP contribution in [0.1, 0.15) is 12.0 Å². The third-order valence-electron chi connectivity index (χ3n) is 3.92. The number of likely N-dealkylation sites (tertiary alicyclic amines) is 1. The second-order valence-electron chi connectivity index (χ2n) is 5.18. The number of carbonyl (C=O) groups excluding carboxylic acids is 1. The number of rotatable bonds is 4. The maximum absolute atomic E-state index is 12.0. The van der Waals surface area contributed by atoms with Crippen molar-refractivity contribution in [2.24, 2.45) is 0 Å². The van der Waals surface area contributed by atoms with Crippen molar-refractivity contribution in [1.82, 2.24) is 10.2 Å². The number of nitrogens with one attached hydrogen (secondary N) is 1. The fourth-order valence-corrected chi connectivity index (χ4v) is 2.74. The molecule has 5 nitrogen and oxygen atoms in total. The third-order valence-corrected chi connectivity index (χ3v) is 3.92. The molecule has 1 fully saturated rings. The summed E-state index contributed by atoms with van der Waals surface area (Å²) in [5.74, 6) is 1.84. The van der Waals surface area contributed by atoms with Crippen molar-refractivity contribution in [2.75, 3.05) is 33.4 Å². The molecule has 3 rings (SSSR count). The molecule has 20 heavy (non-hydrogen) atoms. The lowest BCUT2D eigenvalue weighted by atomic mass is 10.1. The second kappa shape index (κ2) is 5.71. The molecule has 2 heterocycles. The summed E-state index contributed by atoms with van der Waals surface area (Å²) in [5.41, 5.74) is 1.18. The van der Waals surface area contributed by atoms with Crippen molar-refractivity contribution < 1.29 is 14.3 Å². The average molecular weight is 276 g/mol. The SMILES string of the molecule is CNC1CCN(CCc2ccc3c(c2)OCCO3)C1=O. The molecule has 1 saturated heterocycles. The Labute approximate surface area is 118 Å². The molecule has 0 aliphatic carbocycles. The lowest BCUT2D eigenvalue weighted by Gasteiger charge is -2.20. The molecule has 1 aromatic carbocycles. The first kappa shape index (κ1) is 13.2. The highest BCUT2D eigenvalue weighted by atomic mass is 16.6. The fourth-order valence-electron chi connectivity index (χ4n) is 2.74. The molecule has 0 radical (unpaired) electrons. The van der Waals surface area contributed by atoms with Crippen LogP contribution in [0.5, 0.6) is 11.5 Å². The molecular formula is C15H20N2O3. The molecular weight excluding hydrogens is 256 g/mol. The van der Waals surface area contributed by atoms with Crippen LogP contribution in [0.2, 0.25) is 0 Å². The topological polar surface area (TPSA) is 50.8 Å². The Balaban J connectivity index is 1.60. The molecule has 0 bridgehead atoms. The van der Waals surface area contributed by atoms with Gasteiger partial charge in [0.25, 0.3) is 0 Å². The number of nitrogens with zero attached hydrogens (tertiary/aromatic N) is 1. The summed E-state index contributed by atoms with van der Waals surface area (Å²) < 4.78 is 11.1. The van der Waals surface area contributed by atoms with E-state index in [1.807, 2.05) is 30.1 Å². The number of ether oxygens (including phenoxy) is 2. The van der Waals surface area contributed by atoms with Gasteiger partial charge in [0.05, 0.1) is 6.04 Å². The first-order valence-corrected chi connectivity index (χ1v) is 7.12. The van der Waals surface area contributed by atoms with Gasteiger partial charge in [-0.3, -0.25) is 4.79 Å². The quantitative estimate of drug-likeness (QED) is 0.884. The summed E-state index contributed by atoms with van der Waals surface area (Å²) in [7, 11) is 1.84. The number of fused-ring (bicyclic) bond motifs is 1. The van der Waals surface area contributed by atoms with Gasteiger partial charge < -0.3 is 19.7 Å². The van der Waals surface area contributed by atoms with Crippen LogP contribution >= 0.6 is 0 Å². The van der Waals surface area contributed by atoms with E-state index >= 15 is 0 Å². The van der Waals surface area contributed by atoms with E-state index in [2.05, 4.69) is 5.32 Å². The molecule has 1 amide bonds. The van der Waals surface area contributed by atoms with Crippen molar-refractivity contribution in [3.63, 3.8) is 0 Å². The van der Waals surface area contributed by atoms with Crippen molar-refractivity contribution in [1.29, 1.82) is 0 Å². The molecule has 2 aliphatic heterocycles. The van der Waals surface area contributed by atoms with Gasteiger partial charge in [0.15, 0.2) is 11.5 Å².